The van der Waals surface area contributed by atoms with E-state index in [0.29, 0.717) is 18.6 Å². The van der Waals surface area contributed by atoms with Crippen LogP contribution in [0, 0.1) is 18.3 Å². The quantitative estimate of drug-likeness (QED) is 0.451. The standard InChI is InChI=1S/C18H16ClNO3/c1-13-4-2-5-15(10-13)22-9-3-6-18(21)23-17-8-7-14(12-20)11-16(17)19/h2,4-5,7-8,10-11H,3,6,9H2,1H3. The van der Waals surface area contributed by atoms with Gasteiger partial charge in [-0.05, 0) is 49.2 Å². The van der Waals surface area contributed by atoms with Gasteiger partial charge in [-0.1, -0.05) is 23.7 Å². The largest absolute Gasteiger partial charge is 0.494 e. The summed E-state index contributed by atoms with van der Waals surface area (Å²) in [5, 5.41) is 9.00. The molecule has 5 heteroatoms. The Kier molecular flexibility index (Phi) is 6.02. The van der Waals surface area contributed by atoms with Crippen molar-refractivity contribution in [2.45, 2.75) is 19.8 Å². The first-order valence-electron chi connectivity index (χ1n) is 7.18. The van der Waals surface area contributed by atoms with Crippen LogP contribution in [0.4, 0.5) is 0 Å². The summed E-state index contributed by atoms with van der Waals surface area (Å²) in [5.41, 5.74) is 1.54. The predicted octanol–water partition coefficient (Wildman–Crippen LogP) is 4.28. The molecule has 0 aliphatic rings. The third-order valence-corrected chi connectivity index (χ3v) is 3.36. The van der Waals surface area contributed by atoms with Gasteiger partial charge in [-0.15, -0.1) is 0 Å². The van der Waals surface area contributed by atoms with Gasteiger partial charge >= 0.3 is 5.97 Å². The minimum atomic E-state index is -0.385. The van der Waals surface area contributed by atoms with Crippen molar-refractivity contribution < 1.29 is 14.3 Å². The molecule has 0 spiro atoms. The molecule has 0 saturated heterocycles. The number of benzene rings is 2. The minimum absolute atomic E-state index is 0.224. The van der Waals surface area contributed by atoms with Crippen molar-refractivity contribution >= 4 is 17.6 Å². The average molecular weight is 330 g/mol. The van der Waals surface area contributed by atoms with Crippen LogP contribution in [0.2, 0.25) is 5.02 Å². The molecule has 4 nitrogen and oxygen atoms in total. The van der Waals surface area contributed by atoms with E-state index in [1.54, 1.807) is 6.07 Å². The summed E-state index contributed by atoms with van der Waals surface area (Å²) in [6.07, 6.45) is 0.767. The third kappa shape index (κ3) is 5.32. The van der Waals surface area contributed by atoms with E-state index in [0.717, 1.165) is 11.3 Å². The Labute approximate surface area is 140 Å². The summed E-state index contributed by atoms with van der Waals surface area (Å²) in [5.74, 6) is 0.660. The highest BCUT2D eigenvalue weighted by Gasteiger charge is 2.09. The van der Waals surface area contributed by atoms with E-state index in [1.165, 1.54) is 12.1 Å². The SMILES string of the molecule is Cc1cccc(OCCCC(=O)Oc2ccc(C#N)cc2Cl)c1. The Morgan fingerprint density at radius 3 is 2.78 bits per heavy atom. The Bertz CT molecular complexity index is 737. The Balaban J connectivity index is 1.76. The molecule has 0 fully saturated rings. The molecule has 0 atom stereocenters. The van der Waals surface area contributed by atoms with Crippen molar-refractivity contribution in [1.82, 2.24) is 0 Å². The lowest BCUT2D eigenvalue weighted by Crippen LogP contribution is -2.10. The van der Waals surface area contributed by atoms with Crippen molar-refractivity contribution in [2.75, 3.05) is 6.61 Å². The lowest BCUT2D eigenvalue weighted by atomic mass is 10.2. The topological polar surface area (TPSA) is 59.3 Å². The smallest absolute Gasteiger partial charge is 0.311 e. The van der Waals surface area contributed by atoms with Gasteiger partial charge in [0.05, 0.1) is 23.3 Å². The predicted molar refractivity (Wildman–Crippen MR) is 87.7 cm³/mol. The van der Waals surface area contributed by atoms with Gasteiger partial charge in [-0.3, -0.25) is 4.79 Å². The number of nitrogens with zero attached hydrogens (tertiary/aromatic N) is 1. The molecule has 2 aromatic rings. The number of ether oxygens (including phenoxy) is 2. The highest BCUT2D eigenvalue weighted by Crippen LogP contribution is 2.25. The van der Waals surface area contributed by atoms with Gasteiger partial charge in [-0.2, -0.15) is 5.26 Å². The van der Waals surface area contributed by atoms with Gasteiger partial charge in [0.2, 0.25) is 0 Å². The zero-order chi connectivity index (χ0) is 16.7. The number of rotatable bonds is 6. The second kappa shape index (κ2) is 8.21. The maximum atomic E-state index is 11.8. The summed E-state index contributed by atoms with van der Waals surface area (Å²) in [7, 11) is 0. The van der Waals surface area contributed by atoms with Crippen LogP contribution in [0.3, 0.4) is 0 Å². The summed E-state index contributed by atoms with van der Waals surface area (Å²) >= 11 is 5.96. The van der Waals surface area contributed by atoms with Crippen LogP contribution in [0.25, 0.3) is 0 Å². The number of hydrogen-bond donors (Lipinski definition) is 0. The summed E-state index contributed by atoms with van der Waals surface area (Å²) < 4.78 is 10.8. The van der Waals surface area contributed by atoms with Crippen LogP contribution < -0.4 is 9.47 Å². The molecule has 0 N–H and O–H groups in total. The first-order valence-corrected chi connectivity index (χ1v) is 7.56. The second-order valence-electron chi connectivity index (χ2n) is 5.00. The van der Waals surface area contributed by atoms with Crippen molar-refractivity contribution in [3.63, 3.8) is 0 Å². The van der Waals surface area contributed by atoms with Crippen molar-refractivity contribution in [2.24, 2.45) is 0 Å². The number of halogens is 1. The van der Waals surface area contributed by atoms with E-state index < -0.39 is 0 Å². The molecular weight excluding hydrogens is 314 g/mol. The van der Waals surface area contributed by atoms with Crippen LogP contribution in [0.1, 0.15) is 24.0 Å². The molecule has 23 heavy (non-hydrogen) atoms. The molecule has 0 radical (unpaired) electrons. The fraction of sp³-hybridized carbons (Fsp3) is 0.222. The monoisotopic (exact) mass is 329 g/mol. The van der Waals surface area contributed by atoms with Crippen LogP contribution >= 0.6 is 11.6 Å². The molecule has 0 aliphatic heterocycles. The second-order valence-corrected chi connectivity index (χ2v) is 5.41. The highest BCUT2D eigenvalue weighted by molar-refractivity contribution is 6.32. The van der Waals surface area contributed by atoms with Crippen LogP contribution in [-0.2, 0) is 4.79 Å². The molecule has 0 aliphatic carbocycles. The molecule has 0 saturated carbocycles. The van der Waals surface area contributed by atoms with Crippen molar-refractivity contribution in [1.29, 1.82) is 5.26 Å². The van der Waals surface area contributed by atoms with E-state index in [9.17, 15) is 4.79 Å². The number of nitriles is 1. The summed E-state index contributed by atoms with van der Waals surface area (Å²) in [6.45, 7) is 2.42. The van der Waals surface area contributed by atoms with E-state index in [-0.39, 0.29) is 23.2 Å². The maximum Gasteiger partial charge on any atom is 0.311 e. The molecule has 0 amide bonds. The number of carbonyl (C=O) groups excluding carboxylic acids is 1. The molecular formula is C18H16ClNO3. The van der Waals surface area contributed by atoms with E-state index in [2.05, 4.69) is 0 Å². The van der Waals surface area contributed by atoms with Gasteiger partial charge < -0.3 is 9.47 Å². The molecule has 118 valence electrons. The van der Waals surface area contributed by atoms with Gasteiger partial charge in [0, 0.05) is 6.42 Å². The molecule has 0 unspecified atom stereocenters. The average Bonchev–Trinajstić information content (AvgIpc) is 2.53. The first-order chi connectivity index (χ1) is 11.1. The van der Waals surface area contributed by atoms with E-state index >= 15 is 0 Å². The number of hydrogen-bond acceptors (Lipinski definition) is 4. The van der Waals surface area contributed by atoms with E-state index in [4.69, 9.17) is 26.3 Å². The number of aryl methyl sites for hydroxylation is 1. The van der Waals surface area contributed by atoms with Crippen LogP contribution in [0.15, 0.2) is 42.5 Å². The molecule has 0 aromatic heterocycles. The zero-order valence-electron chi connectivity index (χ0n) is 12.7. The molecule has 0 heterocycles. The third-order valence-electron chi connectivity index (χ3n) is 3.07. The minimum Gasteiger partial charge on any atom is -0.494 e. The normalized spacial score (nSPS) is 9.96. The van der Waals surface area contributed by atoms with Crippen molar-refractivity contribution in [3.8, 4) is 17.6 Å². The van der Waals surface area contributed by atoms with E-state index in [1.807, 2.05) is 37.3 Å². The van der Waals surface area contributed by atoms with Crippen molar-refractivity contribution in [3.05, 3.63) is 58.6 Å². The van der Waals surface area contributed by atoms with Crippen LogP contribution in [0.5, 0.6) is 11.5 Å². The Morgan fingerprint density at radius 1 is 1.26 bits per heavy atom. The number of esters is 1. The fourth-order valence-corrected chi connectivity index (χ4v) is 2.16. The van der Waals surface area contributed by atoms with Gasteiger partial charge in [0.25, 0.3) is 0 Å². The maximum absolute atomic E-state index is 11.8. The number of carbonyl (C=O) groups is 1. The van der Waals surface area contributed by atoms with Gasteiger partial charge in [-0.25, -0.2) is 0 Å². The lowest BCUT2D eigenvalue weighted by molar-refractivity contribution is -0.134. The summed E-state index contributed by atoms with van der Waals surface area (Å²) in [4.78, 5) is 11.8. The van der Waals surface area contributed by atoms with Gasteiger partial charge in [0.1, 0.15) is 11.5 Å². The zero-order valence-corrected chi connectivity index (χ0v) is 13.5. The molecule has 2 rings (SSSR count). The highest BCUT2D eigenvalue weighted by atomic mass is 35.5. The molecule has 2 aromatic carbocycles. The molecule has 0 bridgehead atoms. The first kappa shape index (κ1) is 16.9. The van der Waals surface area contributed by atoms with Crippen LogP contribution in [-0.4, -0.2) is 12.6 Å². The Hall–Kier alpha value is -2.51. The fourth-order valence-electron chi connectivity index (χ4n) is 1.94. The van der Waals surface area contributed by atoms with Gasteiger partial charge in [0.15, 0.2) is 0 Å². The lowest BCUT2D eigenvalue weighted by Gasteiger charge is -2.08. The summed E-state index contributed by atoms with van der Waals surface area (Å²) in [6, 6.07) is 14.2. The Morgan fingerprint density at radius 2 is 2.09 bits per heavy atom.